The second kappa shape index (κ2) is 5.35. The molecular formula is C20H14N2O2. The van der Waals surface area contributed by atoms with Gasteiger partial charge in [0.15, 0.2) is 11.6 Å². The van der Waals surface area contributed by atoms with Crippen LogP contribution in [0.5, 0.6) is 0 Å². The molecule has 0 aromatic heterocycles. The van der Waals surface area contributed by atoms with Crippen molar-refractivity contribution in [2.45, 2.75) is 0 Å². The Labute approximate surface area is 138 Å². The number of hydrogen-bond acceptors (Lipinski definition) is 4. The Morgan fingerprint density at radius 2 is 1.25 bits per heavy atom. The second-order valence-corrected chi connectivity index (χ2v) is 5.65. The SMILES string of the molecule is Nc1ccc(Nc2ccccc2)c2c1C(=O)c1ccccc1C2=O. The van der Waals surface area contributed by atoms with Crippen LogP contribution in [0.3, 0.4) is 0 Å². The summed E-state index contributed by atoms with van der Waals surface area (Å²) in [6.07, 6.45) is 0. The minimum Gasteiger partial charge on any atom is -0.398 e. The molecule has 0 aliphatic heterocycles. The van der Waals surface area contributed by atoms with Gasteiger partial charge in [0.2, 0.25) is 0 Å². The highest BCUT2D eigenvalue weighted by Crippen LogP contribution is 2.36. The van der Waals surface area contributed by atoms with E-state index in [4.69, 9.17) is 5.73 Å². The van der Waals surface area contributed by atoms with E-state index < -0.39 is 0 Å². The number of hydrogen-bond donors (Lipinski definition) is 2. The summed E-state index contributed by atoms with van der Waals surface area (Å²) in [6.45, 7) is 0. The van der Waals surface area contributed by atoms with Crippen LogP contribution in [0.15, 0.2) is 66.7 Å². The van der Waals surface area contributed by atoms with Gasteiger partial charge in [0, 0.05) is 22.5 Å². The lowest BCUT2D eigenvalue weighted by molar-refractivity contribution is 0.0980. The fourth-order valence-corrected chi connectivity index (χ4v) is 3.03. The van der Waals surface area contributed by atoms with Gasteiger partial charge in [-0.3, -0.25) is 9.59 Å². The number of ketones is 2. The van der Waals surface area contributed by atoms with Crippen LogP contribution in [-0.2, 0) is 0 Å². The van der Waals surface area contributed by atoms with Crippen molar-refractivity contribution in [3.05, 3.63) is 89.0 Å². The Kier molecular flexibility index (Phi) is 3.17. The number of carbonyl (C=O) groups excluding carboxylic acids is 2. The van der Waals surface area contributed by atoms with Crippen LogP contribution in [-0.4, -0.2) is 11.6 Å². The molecule has 3 aromatic carbocycles. The van der Waals surface area contributed by atoms with Gasteiger partial charge >= 0.3 is 0 Å². The molecule has 1 aliphatic carbocycles. The van der Waals surface area contributed by atoms with Gasteiger partial charge in [-0.05, 0) is 24.3 Å². The lowest BCUT2D eigenvalue weighted by Crippen LogP contribution is -2.23. The van der Waals surface area contributed by atoms with Crippen molar-refractivity contribution in [2.75, 3.05) is 11.1 Å². The van der Waals surface area contributed by atoms with Gasteiger partial charge in [0.05, 0.1) is 16.8 Å². The van der Waals surface area contributed by atoms with E-state index in [9.17, 15) is 9.59 Å². The average Bonchev–Trinajstić information content (AvgIpc) is 2.62. The molecule has 0 radical (unpaired) electrons. The Bertz CT molecular complexity index is 978. The summed E-state index contributed by atoms with van der Waals surface area (Å²) in [4.78, 5) is 25.8. The first-order chi connectivity index (χ1) is 11.7. The maximum Gasteiger partial charge on any atom is 0.196 e. The molecule has 0 amide bonds. The highest BCUT2D eigenvalue weighted by atomic mass is 16.1. The normalized spacial score (nSPS) is 12.5. The Hall–Kier alpha value is -3.40. The highest BCUT2D eigenvalue weighted by Gasteiger charge is 2.33. The first kappa shape index (κ1) is 14.2. The summed E-state index contributed by atoms with van der Waals surface area (Å²) in [5, 5.41) is 3.21. The predicted molar refractivity (Wildman–Crippen MR) is 93.9 cm³/mol. The molecule has 0 heterocycles. The molecule has 3 N–H and O–H groups in total. The molecule has 0 spiro atoms. The third-order valence-corrected chi connectivity index (χ3v) is 4.16. The molecular weight excluding hydrogens is 300 g/mol. The number of carbonyl (C=O) groups is 2. The second-order valence-electron chi connectivity index (χ2n) is 5.65. The van der Waals surface area contributed by atoms with E-state index in [-0.39, 0.29) is 17.1 Å². The number of nitrogen functional groups attached to an aromatic ring is 1. The van der Waals surface area contributed by atoms with Gasteiger partial charge in [-0.25, -0.2) is 0 Å². The molecule has 4 rings (SSSR count). The zero-order chi connectivity index (χ0) is 16.7. The van der Waals surface area contributed by atoms with Crippen molar-refractivity contribution in [1.82, 2.24) is 0 Å². The molecule has 0 unspecified atom stereocenters. The van der Waals surface area contributed by atoms with Crippen LogP contribution >= 0.6 is 0 Å². The van der Waals surface area contributed by atoms with Gasteiger partial charge in [0.25, 0.3) is 0 Å². The standard InChI is InChI=1S/C20H14N2O2/c21-15-10-11-16(22-12-6-2-1-3-7-12)18-17(15)19(23)13-8-4-5-9-14(13)20(18)24/h1-11,22H,21H2. The first-order valence-corrected chi connectivity index (χ1v) is 7.60. The molecule has 4 nitrogen and oxygen atoms in total. The number of nitrogens with one attached hydrogen (secondary N) is 1. The summed E-state index contributed by atoms with van der Waals surface area (Å²) in [5.74, 6) is -0.402. The molecule has 3 aromatic rings. The molecule has 0 bridgehead atoms. The number of para-hydroxylation sites is 1. The van der Waals surface area contributed by atoms with E-state index in [0.29, 0.717) is 28.1 Å². The van der Waals surface area contributed by atoms with Gasteiger partial charge in [-0.15, -0.1) is 0 Å². The van der Waals surface area contributed by atoms with Gasteiger partial charge in [-0.1, -0.05) is 42.5 Å². The summed E-state index contributed by atoms with van der Waals surface area (Å²) >= 11 is 0. The maximum atomic E-state index is 13.0. The zero-order valence-corrected chi connectivity index (χ0v) is 12.7. The fraction of sp³-hybridized carbons (Fsp3) is 0. The van der Waals surface area contributed by atoms with Crippen molar-refractivity contribution in [2.24, 2.45) is 0 Å². The van der Waals surface area contributed by atoms with E-state index in [1.54, 1.807) is 36.4 Å². The van der Waals surface area contributed by atoms with E-state index in [0.717, 1.165) is 5.69 Å². The summed E-state index contributed by atoms with van der Waals surface area (Å²) < 4.78 is 0. The number of nitrogens with two attached hydrogens (primary N) is 1. The smallest absolute Gasteiger partial charge is 0.196 e. The van der Waals surface area contributed by atoms with Crippen molar-refractivity contribution < 1.29 is 9.59 Å². The number of rotatable bonds is 2. The summed E-state index contributed by atoms with van der Waals surface area (Å²) in [7, 11) is 0. The average molecular weight is 314 g/mol. The lowest BCUT2D eigenvalue weighted by atomic mass is 9.82. The third-order valence-electron chi connectivity index (χ3n) is 4.16. The van der Waals surface area contributed by atoms with Crippen molar-refractivity contribution in [1.29, 1.82) is 0 Å². The van der Waals surface area contributed by atoms with Gasteiger partial charge < -0.3 is 11.1 Å². The lowest BCUT2D eigenvalue weighted by Gasteiger charge is -2.22. The number of fused-ring (bicyclic) bond motifs is 2. The molecule has 24 heavy (non-hydrogen) atoms. The van der Waals surface area contributed by atoms with Crippen LogP contribution in [0.2, 0.25) is 0 Å². The Morgan fingerprint density at radius 1 is 0.667 bits per heavy atom. The maximum absolute atomic E-state index is 13.0. The van der Waals surface area contributed by atoms with E-state index in [1.165, 1.54) is 0 Å². The van der Waals surface area contributed by atoms with Crippen LogP contribution < -0.4 is 11.1 Å². The van der Waals surface area contributed by atoms with Crippen LogP contribution in [0.25, 0.3) is 0 Å². The minimum absolute atomic E-state index is 0.189. The zero-order valence-electron chi connectivity index (χ0n) is 12.7. The fourth-order valence-electron chi connectivity index (χ4n) is 3.03. The van der Waals surface area contributed by atoms with E-state index in [1.807, 2.05) is 30.3 Å². The van der Waals surface area contributed by atoms with Crippen LogP contribution in [0.4, 0.5) is 17.1 Å². The monoisotopic (exact) mass is 314 g/mol. The van der Waals surface area contributed by atoms with Gasteiger partial charge in [-0.2, -0.15) is 0 Å². The highest BCUT2D eigenvalue weighted by molar-refractivity contribution is 6.31. The van der Waals surface area contributed by atoms with Crippen molar-refractivity contribution >= 4 is 28.6 Å². The third kappa shape index (κ3) is 2.08. The predicted octanol–water partition coefficient (Wildman–Crippen LogP) is 3.79. The number of anilines is 3. The Balaban J connectivity index is 1.92. The van der Waals surface area contributed by atoms with E-state index in [2.05, 4.69) is 5.32 Å². The largest absolute Gasteiger partial charge is 0.398 e. The van der Waals surface area contributed by atoms with Crippen molar-refractivity contribution in [3.8, 4) is 0 Å². The molecule has 116 valence electrons. The van der Waals surface area contributed by atoms with Crippen molar-refractivity contribution in [3.63, 3.8) is 0 Å². The van der Waals surface area contributed by atoms with Crippen LogP contribution in [0.1, 0.15) is 31.8 Å². The number of benzene rings is 3. The molecule has 0 fully saturated rings. The topological polar surface area (TPSA) is 72.2 Å². The molecule has 0 saturated heterocycles. The van der Waals surface area contributed by atoms with Gasteiger partial charge in [0.1, 0.15) is 0 Å². The quantitative estimate of drug-likeness (QED) is 0.552. The first-order valence-electron chi connectivity index (χ1n) is 7.60. The van der Waals surface area contributed by atoms with E-state index >= 15 is 0 Å². The molecule has 4 heteroatoms. The molecule has 1 aliphatic rings. The molecule has 0 saturated carbocycles. The summed E-state index contributed by atoms with van der Waals surface area (Å²) in [5.41, 5.74) is 9.18. The minimum atomic E-state index is -0.214. The Morgan fingerprint density at radius 3 is 1.92 bits per heavy atom. The summed E-state index contributed by atoms with van der Waals surface area (Å²) in [6, 6.07) is 19.7. The molecule has 0 atom stereocenters. The van der Waals surface area contributed by atoms with Crippen LogP contribution in [0, 0.1) is 0 Å².